The molecule has 3 rings (SSSR count). The first-order valence-electron chi connectivity index (χ1n) is 9.75. The van der Waals surface area contributed by atoms with E-state index in [-0.39, 0.29) is 17.3 Å². The highest BCUT2D eigenvalue weighted by molar-refractivity contribution is 7.80. The van der Waals surface area contributed by atoms with Crippen LogP contribution in [0.4, 0.5) is 5.69 Å². The molecule has 0 amide bonds. The van der Waals surface area contributed by atoms with E-state index < -0.39 is 0 Å². The van der Waals surface area contributed by atoms with Gasteiger partial charge in [-0.3, -0.25) is 4.79 Å². The normalized spacial score (nSPS) is 16.6. The number of hydrogen-bond donors (Lipinski definition) is 2. The van der Waals surface area contributed by atoms with Crippen LogP contribution in [0.5, 0.6) is 0 Å². The molecule has 0 bridgehead atoms. The van der Waals surface area contributed by atoms with Gasteiger partial charge in [-0.05, 0) is 48.2 Å². The van der Waals surface area contributed by atoms with E-state index in [0.717, 1.165) is 25.1 Å². The number of nitrogens with one attached hydrogen (secondary N) is 2. The molecule has 0 spiro atoms. The fraction of sp³-hybridized carbons (Fsp3) is 0.391. The Kier molecular flexibility index (Phi) is 6.47. The van der Waals surface area contributed by atoms with Crippen LogP contribution in [0.3, 0.4) is 0 Å². The van der Waals surface area contributed by atoms with E-state index in [9.17, 15) is 4.79 Å². The Hall–Kier alpha value is -2.24. The van der Waals surface area contributed by atoms with Gasteiger partial charge in [0.25, 0.3) is 0 Å². The lowest BCUT2D eigenvalue weighted by Crippen LogP contribution is -2.34. The van der Waals surface area contributed by atoms with Crippen LogP contribution in [0.25, 0.3) is 0 Å². The molecule has 148 valence electrons. The minimum Gasteiger partial charge on any atom is -0.376 e. The summed E-state index contributed by atoms with van der Waals surface area (Å²) in [6, 6.07) is 15.3. The number of hydrogen-bond acceptors (Lipinski definition) is 3. The molecule has 1 heterocycles. The van der Waals surface area contributed by atoms with Gasteiger partial charge in [-0.15, -0.1) is 0 Å². The second-order valence-corrected chi connectivity index (χ2v) is 8.62. The molecule has 2 aromatic carbocycles. The molecule has 0 aromatic heterocycles. The Bertz CT molecular complexity index is 834. The lowest BCUT2D eigenvalue weighted by atomic mass is 9.86. The third-order valence-electron chi connectivity index (χ3n) is 4.91. The summed E-state index contributed by atoms with van der Waals surface area (Å²) in [5.74, 6) is 0.00217. The molecule has 28 heavy (non-hydrogen) atoms. The van der Waals surface area contributed by atoms with E-state index in [2.05, 4.69) is 31.4 Å². The fourth-order valence-corrected chi connectivity index (χ4v) is 3.41. The molecule has 1 aliphatic rings. The monoisotopic (exact) mass is 396 g/mol. The molecule has 1 fully saturated rings. The Labute approximate surface area is 172 Å². The molecule has 0 aliphatic carbocycles. The zero-order valence-corrected chi connectivity index (χ0v) is 17.6. The van der Waals surface area contributed by atoms with Crippen LogP contribution in [-0.2, 0) is 10.2 Å². The number of rotatable bonds is 5. The summed E-state index contributed by atoms with van der Waals surface area (Å²) in [6.45, 7) is 8.01. The van der Waals surface area contributed by atoms with Crippen molar-refractivity contribution in [2.75, 3.05) is 18.5 Å². The summed E-state index contributed by atoms with van der Waals surface area (Å²) < 4.78 is 5.59. The van der Waals surface area contributed by atoms with Crippen molar-refractivity contribution in [3.8, 4) is 0 Å². The molecular weight excluding hydrogens is 368 g/mol. The van der Waals surface area contributed by atoms with Crippen LogP contribution in [0, 0.1) is 0 Å². The second kappa shape index (κ2) is 8.84. The maximum absolute atomic E-state index is 12.9. The van der Waals surface area contributed by atoms with Gasteiger partial charge in [0, 0.05) is 30.0 Å². The van der Waals surface area contributed by atoms with E-state index in [1.165, 1.54) is 5.56 Å². The van der Waals surface area contributed by atoms with E-state index in [1.807, 2.05) is 48.5 Å². The van der Waals surface area contributed by atoms with Crippen LogP contribution in [0.15, 0.2) is 48.5 Å². The predicted molar refractivity (Wildman–Crippen MR) is 118 cm³/mol. The first-order chi connectivity index (χ1) is 13.3. The van der Waals surface area contributed by atoms with Gasteiger partial charge >= 0.3 is 0 Å². The molecule has 2 N–H and O–H groups in total. The highest BCUT2D eigenvalue weighted by Crippen LogP contribution is 2.23. The van der Waals surface area contributed by atoms with Gasteiger partial charge in [0.05, 0.1) is 6.10 Å². The fourth-order valence-electron chi connectivity index (χ4n) is 3.21. The highest BCUT2D eigenvalue weighted by Gasteiger charge is 2.16. The lowest BCUT2D eigenvalue weighted by molar-refractivity contribution is 0.103. The number of carbonyl (C=O) groups excluding carboxylic acids is 1. The van der Waals surface area contributed by atoms with Crippen molar-refractivity contribution in [3.05, 3.63) is 65.2 Å². The van der Waals surface area contributed by atoms with Gasteiger partial charge in [0.15, 0.2) is 10.9 Å². The van der Waals surface area contributed by atoms with E-state index in [1.54, 1.807) is 0 Å². The average molecular weight is 397 g/mol. The van der Waals surface area contributed by atoms with Crippen LogP contribution in [0.1, 0.15) is 55.1 Å². The summed E-state index contributed by atoms with van der Waals surface area (Å²) in [5, 5.41) is 6.88. The number of benzene rings is 2. The topological polar surface area (TPSA) is 50.4 Å². The largest absolute Gasteiger partial charge is 0.376 e. The molecule has 0 radical (unpaired) electrons. The third-order valence-corrected chi connectivity index (χ3v) is 5.16. The van der Waals surface area contributed by atoms with Crippen molar-refractivity contribution in [1.82, 2.24) is 5.32 Å². The Morgan fingerprint density at radius 3 is 2.54 bits per heavy atom. The predicted octanol–water partition coefficient (Wildman–Crippen LogP) is 4.68. The summed E-state index contributed by atoms with van der Waals surface area (Å²) >= 11 is 5.36. The molecule has 0 saturated carbocycles. The van der Waals surface area contributed by atoms with E-state index in [4.69, 9.17) is 17.0 Å². The SMILES string of the molecule is CC(C)(C)c1ccc(C(=O)c2cccc(NC(=S)NC[C@H]3CCCO3)c2)cc1. The lowest BCUT2D eigenvalue weighted by Gasteiger charge is -2.19. The van der Waals surface area contributed by atoms with Crippen molar-refractivity contribution < 1.29 is 9.53 Å². The number of anilines is 1. The zero-order valence-electron chi connectivity index (χ0n) is 16.7. The minimum atomic E-state index is 0.00217. The average Bonchev–Trinajstić information content (AvgIpc) is 3.19. The van der Waals surface area contributed by atoms with Gasteiger partial charge in [0.1, 0.15) is 0 Å². The van der Waals surface area contributed by atoms with Crippen molar-refractivity contribution in [2.45, 2.75) is 45.1 Å². The van der Waals surface area contributed by atoms with Gasteiger partial charge < -0.3 is 15.4 Å². The highest BCUT2D eigenvalue weighted by atomic mass is 32.1. The van der Waals surface area contributed by atoms with Crippen LogP contribution >= 0.6 is 12.2 Å². The molecule has 1 aliphatic heterocycles. The number of ether oxygens (including phenoxy) is 1. The summed E-state index contributed by atoms with van der Waals surface area (Å²) in [7, 11) is 0. The third kappa shape index (κ3) is 5.40. The Balaban J connectivity index is 1.63. The van der Waals surface area contributed by atoms with Crippen molar-refractivity contribution in [1.29, 1.82) is 0 Å². The second-order valence-electron chi connectivity index (χ2n) is 8.21. The summed E-state index contributed by atoms with van der Waals surface area (Å²) in [5.41, 5.74) is 3.39. The van der Waals surface area contributed by atoms with E-state index in [0.29, 0.717) is 22.8 Å². The first kappa shape index (κ1) is 20.5. The standard InChI is InChI=1S/C23H28N2O2S/c1-23(2,3)18-11-9-16(10-12-18)21(26)17-6-4-7-19(14-17)25-22(28)24-15-20-8-5-13-27-20/h4,6-7,9-12,14,20H,5,8,13,15H2,1-3H3,(H2,24,25,28)/t20-/m1/s1. The van der Waals surface area contributed by atoms with Crippen molar-refractivity contribution >= 4 is 28.8 Å². The molecule has 1 saturated heterocycles. The molecule has 2 aromatic rings. The zero-order chi connectivity index (χ0) is 20.1. The number of carbonyl (C=O) groups is 1. The molecule has 5 heteroatoms. The summed E-state index contributed by atoms with van der Waals surface area (Å²) in [4.78, 5) is 12.9. The van der Waals surface area contributed by atoms with Crippen LogP contribution in [-0.4, -0.2) is 30.2 Å². The van der Waals surface area contributed by atoms with Crippen molar-refractivity contribution in [3.63, 3.8) is 0 Å². The molecule has 0 unspecified atom stereocenters. The number of ketones is 1. The van der Waals surface area contributed by atoms with Gasteiger partial charge in [-0.25, -0.2) is 0 Å². The maximum Gasteiger partial charge on any atom is 0.193 e. The molecular formula is C23H28N2O2S. The number of thiocarbonyl (C=S) groups is 1. The smallest absolute Gasteiger partial charge is 0.193 e. The first-order valence-corrected chi connectivity index (χ1v) is 10.2. The van der Waals surface area contributed by atoms with Gasteiger partial charge in [-0.2, -0.15) is 0 Å². The molecule has 1 atom stereocenters. The van der Waals surface area contributed by atoms with Crippen LogP contribution < -0.4 is 10.6 Å². The summed E-state index contributed by atoms with van der Waals surface area (Å²) in [6.07, 6.45) is 2.39. The van der Waals surface area contributed by atoms with Crippen molar-refractivity contribution in [2.24, 2.45) is 0 Å². The van der Waals surface area contributed by atoms with E-state index >= 15 is 0 Å². The quantitative estimate of drug-likeness (QED) is 0.568. The van der Waals surface area contributed by atoms with Gasteiger partial charge in [-0.1, -0.05) is 57.2 Å². The van der Waals surface area contributed by atoms with Gasteiger partial charge in [0.2, 0.25) is 0 Å². The Morgan fingerprint density at radius 2 is 1.89 bits per heavy atom. The maximum atomic E-state index is 12.9. The Morgan fingerprint density at radius 1 is 1.14 bits per heavy atom. The van der Waals surface area contributed by atoms with Crippen LogP contribution in [0.2, 0.25) is 0 Å². The molecule has 4 nitrogen and oxygen atoms in total. The minimum absolute atomic E-state index is 0.00217.